The molecule has 10 nitrogen and oxygen atoms in total. The molecule has 2 aromatic heterocycles. The highest BCUT2D eigenvalue weighted by Crippen LogP contribution is 2.26. The molecule has 0 aromatic carbocycles. The molecule has 2 amide bonds. The van der Waals surface area contributed by atoms with Gasteiger partial charge in [0.2, 0.25) is 5.79 Å². The summed E-state index contributed by atoms with van der Waals surface area (Å²) in [6.07, 6.45) is 6.46. The Bertz CT molecular complexity index is 789. The topological polar surface area (TPSA) is 94.7 Å². The van der Waals surface area contributed by atoms with Gasteiger partial charge in [-0.2, -0.15) is 10.2 Å². The molecule has 144 valence electrons. The van der Waals surface area contributed by atoms with E-state index in [0.717, 1.165) is 0 Å². The van der Waals surface area contributed by atoms with E-state index in [1.807, 2.05) is 0 Å². The molecule has 2 aliphatic rings. The predicted molar refractivity (Wildman–Crippen MR) is 92.9 cm³/mol. The number of aromatic nitrogens is 4. The number of carbonyl (C=O) groups excluding carboxylic acids is 2. The fraction of sp³-hybridized carbons (Fsp3) is 0.529. The molecule has 2 aliphatic heterocycles. The van der Waals surface area contributed by atoms with Crippen LogP contribution in [0, 0.1) is 0 Å². The van der Waals surface area contributed by atoms with Gasteiger partial charge in [-0.3, -0.25) is 19.0 Å². The van der Waals surface area contributed by atoms with E-state index in [2.05, 4.69) is 10.2 Å². The van der Waals surface area contributed by atoms with E-state index in [4.69, 9.17) is 9.47 Å². The molecule has 2 aromatic rings. The van der Waals surface area contributed by atoms with Crippen LogP contribution in [0.5, 0.6) is 0 Å². The Kier molecular flexibility index (Phi) is 4.44. The van der Waals surface area contributed by atoms with Gasteiger partial charge in [0.1, 0.15) is 0 Å². The van der Waals surface area contributed by atoms with E-state index in [0.29, 0.717) is 37.4 Å². The number of rotatable bonds is 2. The van der Waals surface area contributed by atoms with Crippen LogP contribution in [-0.2, 0) is 23.6 Å². The lowest BCUT2D eigenvalue weighted by molar-refractivity contribution is -0.282. The molecule has 2 saturated heterocycles. The van der Waals surface area contributed by atoms with Gasteiger partial charge < -0.3 is 19.3 Å². The maximum absolute atomic E-state index is 12.7. The van der Waals surface area contributed by atoms with Crippen LogP contribution in [0.3, 0.4) is 0 Å². The first-order valence-corrected chi connectivity index (χ1v) is 8.80. The highest BCUT2D eigenvalue weighted by molar-refractivity contribution is 5.94. The highest BCUT2D eigenvalue weighted by Gasteiger charge is 2.44. The van der Waals surface area contributed by atoms with E-state index >= 15 is 0 Å². The van der Waals surface area contributed by atoms with E-state index < -0.39 is 5.79 Å². The largest absolute Gasteiger partial charge is 0.345 e. The van der Waals surface area contributed by atoms with Gasteiger partial charge in [-0.05, 0) is 0 Å². The minimum atomic E-state index is -1.01. The number of nitrogens with zero attached hydrogens (tertiary/aromatic N) is 6. The summed E-state index contributed by atoms with van der Waals surface area (Å²) < 4.78 is 15.0. The van der Waals surface area contributed by atoms with Crippen molar-refractivity contribution in [1.82, 2.24) is 29.4 Å². The first-order chi connectivity index (χ1) is 13.0. The number of morpholine rings is 2. The first-order valence-electron chi connectivity index (χ1n) is 8.80. The Hall–Kier alpha value is -2.72. The van der Waals surface area contributed by atoms with Crippen molar-refractivity contribution >= 4 is 11.8 Å². The molecule has 0 atom stereocenters. The summed E-state index contributed by atoms with van der Waals surface area (Å²) in [6, 6.07) is 0. The Balaban J connectivity index is 1.48. The molecule has 0 saturated carbocycles. The second kappa shape index (κ2) is 6.78. The van der Waals surface area contributed by atoms with Crippen molar-refractivity contribution in [3.8, 4) is 0 Å². The van der Waals surface area contributed by atoms with E-state index in [-0.39, 0.29) is 24.9 Å². The molecule has 0 N–H and O–H groups in total. The van der Waals surface area contributed by atoms with E-state index in [9.17, 15) is 9.59 Å². The molecule has 4 heterocycles. The summed E-state index contributed by atoms with van der Waals surface area (Å²) in [4.78, 5) is 28.9. The van der Waals surface area contributed by atoms with E-state index in [1.165, 1.54) is 0 Å². The first kappa shape index (κ1) is 17.7. The third kappa shape index (κ3) is 3.45. The third-order valence-electron chi connectivity index (χ3n) is 4.79. The summed E-state index contributed by atoms with van der Waals surface area (Å²) >= 11 is 0. The summed E-state index contributed by atoms with van der Waals surface area (Å²) in [7, 11) is 3.54. The molecule has 1 spiro atoms. The van der Waals surface area contributed by atoms with Gasteiger partial charge in [-0.25, -0.2) is 0 Å². The molecule has 4 rings (SSSR count). The fourth-order valence-electron chi connectivity index (χ4n) is 3.47. The molecule has 2 fully saturated rings. The Labute approximate surface area is 156 Å². The number of amides is 2. The normalized spacial score (nSPS) is 19.5. The lowest BCUT2D eigenvalue weighted by Gasteiger charge is -2.47. The molecule has 27 heavy (non-hydrogen) atoms. The van der Waals surface area contributed by atoms with Crippen molar-refractivity contribution in [2.75, 3.05) is 39.4 Å². The zero-order valence-corrected chi connectivity index (χ0v) is 15.4. The molecule has 10 heteroatoms. The van der Waals surface area contributed by atoms with Gasteiger partial charge in [0.05, 0.1) is 49.8 Å². The van der Waals surface area contributed by atoms with Crippen LogP contribution in [0.2, 0.25) is 0 Å². The number of ether oxygens (including phenoxy) is 2. The molecule has 0 unspecified atom stereocenters. The average Bonchev–Trinajstić information content (AvgIpc) is 3.29. The molecular formula is C17H22N6O4. The Morgan fingerprint density at radius 1 is 0.889 bits per heavy atom. The van der Waals surface area contributed by atoms with Gasteiger partial charge in [0, 0.05) is 39.6 Å². The minimum absolute atomic E-state index is 0.120. The van der Waals surface area contributed by atoms with Gasteiger partial charge in [-0.15, -0.1) is 0 Å². The molecule has 0 radical (unpaired) electrons. The average molecular weight is 374 g/mol. The van der Waals surface area contributed by atoms with Crippen LogP contribution in [0.4, 0.5) is 0 Å². The molecule has 0 bridgehead atoms. The predicted octanol–water partition coefficient (Wildman–Crippen LogP) is -0.505. The highest BCUT2D eigenvalue weighted by atomic mass is 16.7. The van der Waals surface area contributed by atoms with Gasteiger partial charge in [-0.1, -0.05) is 0 Å². The smallest absolute Gasteiger partial charge is 0.257 e. The van der Waals surface area contributed by atoms with Gasteiger partial charge >= 0.3 is 0 Å². The standard InChI is InChI=1S/C17H22N6O4/c1-20-9-13(7-18-20)15(24)22-3-5-26-17(11-22)12-23(4-6-27-17)16(25)14-8-19-21(2)10-14/h7-10H,3-6,11-12H2,1-2H3. The van der Waals surface area contributed by atoms with Crippen LogP contribution in [0.1, 0.15) is 20.7 Å². The quantitative estimate of drug-likeness (QED) is 0.703. The van der Waals surface area contributed by atoms with Crippen LogP contribution in [0.15, 0.2) is 24.8 Å². The van der Waals surface area contributed by atoms with Crippen molar-refractivity contribution < 1.29 is 19.1 Å². The zero-order valence-electron chi connectivity index (χ0n) is 15.4. The monoisotopic (exact) mass is 374 g/mol. The zero-order chi connectivity index (χ0) is 19.0. The third-order valence-corrected chi connectivity index (χ3v) is 4.79. The SMILES string of the molecule is Cn1cc(C(=O)N2CCOC3(C2)CN(C(=O)c2cnn(C)c2)CCO3)cn1. The number of hydrogen-bond acceptors (Lipinski definition) is 6. The van der Waals surface area contributed by atoms with Crippen molar-refractivity contribution in [3.63, 3.8) is 0 Å². The van der Waals surface area contributed by atoms with Crippen molar-refractivity contribution in [1.29, 1.82) is 0 Å². The second-order valence-electron chi connectivity index (χ2n) is 6.87. The van der Waals surface area contributed by atoms with Gasteiger partial charge in [0.25, 0.3) is 11.8 Å². The number of aryl methyl sites for hydroxylation is 2. The van der Waals surface area contributed by atoms with Crippen LogP contribution in [-0.4, -0.2) is 86.4 Å². The fourth-order valence-corrected chi connectivity index (χ4v) is 3.47. The van der Waals surface area contributed by atoms with Crippen LogP contribution in [0.25, 0.3) is 0 Å². The summed E-state index contributed by atoms with van der Waals surface area (Å²) in [5, 5.41) is 8.11. The maximum atomic E-state index is 12.7. The summed E-state index contributed by atoms with van der Waals surface area (Å²) in [5.74, 6) is -1.25. The Morgan fingerprint density at radius 3 is 1.70 bits per heavy atom. The molecular weight excluding hydrogens is 352 g/mol. The summed E-state index contributed by atoms with van der Waals surface area (Å²) in [5.41, 5.74) is 1.04. The van der Waals surface area contributed by atoms with Crippen LogP contribution >= 0.6 is 0 Å². The number of hydrogen-bond donors (Lipinski definition) is 0. The van der Waals surface area contributed by atoms with Crippen LogP contribution < -0.4 is 0 Å². The maximum Gasteiger partial charge on any atom is 0.257 e. The van der Waals surface area contributed by atoms with Gasteiger partial charge in [0.15, 0.2) is 0 Å². The lowest BCUT2D eigenvalue weighted by atomic mass is 10.1. The van der Waals surface area contributed by atoms with Crippen molar-refractivity contribution in [2.24, 2.45) is 14.1 Å². The molecule has 0 aliphatic carbocycles. The minimum Gasteiger partial charge on any atom is -0.345 e. The lowest BCUT2D eigenvalue weighted by Crippen LogP contribution is -2.63. The number of carbonyl (C=O) groups is 2. The van der Waals surface area contributed by atoms with Crippen molar-refractivity contribution in [3.05, 3.63) is 35.9 Å². The second-order valence-corrected chi connectivity index (χ2v) is 6.87. The van der Waals surface area contributed by atoms with Crippen molar-refractivity contribution in [2.45, 2.75) is 5.79 Å². The van der Waals surface area contributed by atoms with E-state index in [1.54, 1.807) is 58.0 Å². The summed E-state index contributed by atoms with van der Waals surface area (Å²) in [6.45, 7) is 2.15. The Morgan fingerprint density at radius 2 is 1.33 bits per heavy atom.